The zero-order chi connectivity index (χ0) is 10.4. The minimum atomic E-state index is 0.548. The van der Waals surface area contributed by atoms with Crippen LogP contribution in [0.15, 0.2) is 23.9 Å². The SMILES string of the molecule is C=C(/C=C(/CCC)N(C)C)C(C)C. The first-order valence-electron chi connectivity index (χ1n) is 5.05. The van der Waals surface area contributed by atoms with E-state index < -0.39 is 0 Å². The summed E-state index contributed by atoms with van der Waals surface area (Å²) in [7, 11) is 4.18. The molecular formula is C12H23N. The Labute approximate surface area is 83.1 Å². The summed E-state index contributed by atoms with van der Waals surface area (Å²) in [6.45, 7) is 10.6. The van der Waals surface area contributed by atoms with E-state index in [4.69, 9.17) is 0 Å². The fourth-order valence-electron chi connectivity index (χ4n) is 1.06. The van der Waals surface area contributed by atoms with Crippen LogP contribution in [-0.2, 0) is 0 Å². The average Bonchev–Trinajstić information content (AvgIpc) is 2.03. The van der Waals surface area contributed by atoms with Gasteiger partial charge in [-0.15, -0.1) is 0 Å². The molecule has 0 rings (SSSR count). The van der Waals surface area contributed by atoms with E-state index in [0.29, 0.717) is 5.92 Å². The Morgan fingerprint density at radius 1 is 1.38 bits per heavy atom. The summed E-state index contributed by atoms with van der Waals surface area (Å²) >= 11 is 0. The van der Waals surface area contributed by atoms with Crippen molar-refractivity contribution in [1.82, 2.24) is 4.90 Å². The first kappa shape index (κ1) is 12.3. The number of allylic oxidation sites excluding steroid dienone is 3. The zero-order valence-electron chi connectivity index (χ0n) is 9.72. The Hall–Kier alpha value is -0.720. The van der Waals surface area contributed by atoms with Crippen molar-refractivity contribution in [2.75, 3.05) is 14.1 Å². The molecule has 0 aromatic carbocycles. The Morgan fingerprint density at radius 3 is 2.23 bits per heavy atom. The van der Waals surface area contributed by atoms with Gasteiger partial charge in [0.15, 0.2) is 0 Å². The molecule has 0 aliphatic heterocycles. The van der Waals surface area contributed by atoms with Gasteiger partial charge in [-0.25, -0.2) is 0 Å². The molecule has 0 saturated heterocycles. The lowest BCUT2D eigenvalue weighted by atomic mass is 10.0. The molecule has 0 bridgehead atoms. The highest BCUT2D eigenvalue weighted by molar-refractivity contribution is 5.21. The Kier molecular flexibility index (Phi) is 5.52. The third kappa shape index (κ3) is 4.76. The van der Waals surface area contributed by atoms with Crippen LogP contribution in [0.4, 0.5) is 0 Å². The minimum absolute atomic E-state index is 0.548. The first-order chi connectivity index (χ1) is 5.99. The van der Waals surface area contributed by atoms with Gasteiger partial charge in [-0.05, 0) is 18.4 Å². The highest BCUT2D eigenvalue weighted by atomic mass is 15.1. The van der Waals surface area contributed by atoms with Crippen molar-refractivity contribution < 1.29 is 0 Å². The Balaban J connectivity index is 4.43. The van der Waals surface area contributed by atoms with Crippen molar-refractivity contribution in [3.8, 4) is 0 Å². The highest BCUT2D eigenvalue weighted by Crippen LogP contribution is 2.15. The second-order valence-corrected chi connectivity index (χ2v) is 4.01. The molecule has 13 heavy (non-hydrogen) atoms. The standard InChI is InChI=1S/C12H23N/c1-7-8-12(13(5)6)9-11(4)10(2)3/h9-10H,4,7-8H2,1-3,5-6H3/b12-9-. The lowest BCUT2D eigenvalue weighted by Crippen LogP contribution is -2.11. The van der Waals surface area contributed by atoms with Crippen molar-refractivity contribution in [1.29, 1.82) is 0 Å². The lowest BCUT2D eigenvalue weighted by Gasteiger charge is -2.18. The minimum Gasteiger partial charge on any atom is -0.381 e. The molecule has 0 aromatic rings. The third-order valence-corrected chi connectivity index (χ3v) is 2.17. The molecule has 0 saturated carbocycles. The monoisotopic (exact) mass is 181 g/mol. The fraction of sp³-hybridized carbons (Fsp3) is 0.667. The topological polar surface area (TPSA) is 3.24 Å². The summed E-state index contributed by atoms with van der Waals surface area (Å²) in [5.41, 5.74) is 2.60. The van der Waals surface area contributed by atoms with Crippen LogP contribution in [0.25, 0.3) is 0 Å². The normalized spacial score (nSPS) is 12.0. The van der Waals surface area contributed by atoms with E-state index in [1.165, 1.54) is 17.7 Å². The van der Waals surface area contributed by atoms with E-state index >= 15 is 0 Å². The molecule has 0 radical (unpaired) electrons. The highest BCUT2D eigenvalue weighted by Gasteiger charge is 2.01. The van der Waals surface area contributed by atoms with Crippen molar-refractivity contribution in [3.05, 3.63) is 23.9 Å². The molecule has 1 nitrogen and oxygen atoms in total. The maximum Gasteiger partial charge on any atom is 0.0130 e. The van der Waals surface area contributed by atoms with Gasteiger partial charge >= 0.3 is 0 Å². The van der Waals surface area contributed by atoms with Crippen molar-refractivity contribution in [3.63, 3.8) is 0 Å². The summed E-state index contributed by atoms with van der Waals surface area (Å²) in [5.74, 6) is 0.548. The van der Waals surface area contributed by atoms with E-state index in [1.807, 2.05) is 0 Å². The molecule has 0 fully saturated rings. The summed E-state index contributed by atoms with van der Waals surface area (Å²) in [6.07, 6.45) is 4.54. The molecule has 76 valence electrons. The van der Waals surface area contributed by atoms with Crippen LogP contribution in [0.1, 0.15) is 33.6 Å². The quantitative estimate of drug-likeness (QED) is 0.587. The second kappa shape index (κ2) is 5.85. The third-order valence-electron chi connectivity index (χ3n) is 2.17. The molecule has 0 heterocycles. The maximum absolute atomic E-state index is 4.06. The van der Waals surface area contributed by atoms with Gasteiger partial charge in [0.2, 0.25) is 0 Å². The molecule has 1 heteroatoms. The molecular weight excluding hydrogens is 158 g/mol. The smallest absolute Gasteiger partial charge is 0.0130 e. The second-order valence-electron chi connectivity index (χ2n) is 4.01. The lowest BCUT2D eigenvalue weighted by molar-refractivity contribution is 0.483. The fourth-order valence-corrected chi connectivity index (χ4v) is 1.06. The summed E-state index contributed by atoms with van der Waals surface area (Å²) in [4.78, 5) is 2.18. The van der Waals surface area contributed by atoms with Crippen LogP contribution in [0.5, 0.6) is 0 Å². The molecule has 0 N–H and O–H groups in total. The van der Waals surface area contributed by atoms with Crippen LogP contribution in [0.2, 0.25) is 0 Å². The van der Waals surface area contributed by atoms with Gasteiger partial charge in [0.05, 0.1) is 0 Å². The summed E-state index contributed by atoms with van der Waals surface area (Å²) < 4.78 is 0. The van der Waals surface area contributed by atoms with Gasteiger partial charge in [0, 0.05) is 19.8 Å². The van der Waals surface area contributed by atoms with E-state index in [2.05, 4.69) is 52.4 Å². The van der Waals surface area contributed by atoms with E-state index in [0.717, 1.165) is 6.42 Å². The average molecular weight is 181 g/mol. The van der Waals surface area contributed by atoms with Crippen LogP contribution >= 0.6 is 0 Å². The van der Waals surface area contributed by atoms with E-state index in [-0.39, 0.29) is 0 Å². The molecule has 0 unspecified atom stereocenters. The van der Waals surface area contributed by atoms with Gasteiger partial charge in [0.1, 0.15) is 0 Å². The number of rotatable bonds is 5. The van der Waals surface area contributed by atoms with Gasteiger partial charge in [-0.1, -0.05) is 39.3 Å². The Bertz CT molecular complexity index is 187. The van der Waals surface area contributed by atoms with Gasteiger partial charge < -0.3 is 4.90 Å². The summed E-state index contributed by atoms with van der Waals surface area (Å²) in [6, 6.07) is 0. The van der Waals surface area contributed by atoms with Crippen molar-refractivity contribution >= 4 is 0 Å². The van der Waals surface area contributed by atoms with Gasteiger partial charge in [-0.2, -0.15) is 0 Å². The first-order valence-corrected chi connectivity index (χ1v) is 5.05. The predicted molar refractivity (Wildman–Crippen MR) is 60.7 cm³/mol. The number of nitrogens with zero attached hydrogens (tertiary/aromatic N) is 1. The molecule has 0 aliphatic carbocycles. The summed E-state index contributed by atoms with van der Waals surface area (Å²) in [5, 5.41) is 0. The Morgan fingerprint density at radius 2 is 1.92 bits per heavy atom. The van der Waals surface area contributed by atoms with E-state index in [9.17, 15) is 0 Å². The van der Waals surface area contributed by atoms with Crippen LogP contribution < -0.4 is 0 Å². The van der Waals surface area contributed by atoms with Crippen LogP contribution in [0, 0.1) is 5.92 Å². The number of hydrogen-bond donors (Lipinski definition) is 0. The van der Waals surface area contributed by atoms with Crippen molar-refractivity contribution in [2.45, 2.75) is 33.6 Å². The predicted octanol–water partition coefficient (Wildman–Crippen LogP) is 3.44. The van der Waals surface area contributed by atoms with Gasteiger partial charge in [-0.3, -0.25) is 0 Å². The zero-order valence-corrected chi connectivity index (χ0v) is 9.72. The van der Waals surface area contributed by atoms with Crippen LogP contribution in [-0.4, -0.2) is 19.0 Å². The van der Waals surface area contributed by atoms with Gasteiger partial charge in [0.25, 0.3) is 0 Å². The molecule has 0 spiro atoms. The van der Waals surface area contributed by atoms with Crippen molar-refractivity contribution in [2.24, 2.45) is 5.92 Å². The maximum atomic E-state index is 4.06. The van der Waals surface area contributed by atoms with Crippen LogP contribution in [0.3, 0.4) is 0 Å². The largest absolute Gasteiger partial charge is 0.381 e. The molecule has 0 aromatic heterocycles. The molecule has 0 aliphatic rings. The molecule has 0 atom stereocenters. The number of hydrogen-bond acceptors (Lipinski definition) is 1. The molecule has 0 amide bonds. The van der Waals surface area contributed by atoms with E-state index in [1.54, 1.807) is 0 Å².